The molecular weight excluding hydrogens is 540 g/mol. The van der Waals surface area contributed by atoms with Crippen LogP contribution in [0.3, 0.4) is 0 Å². The quantitative estimate of drug-likeness (QED) is 0.501. The Morgan fingerprint density at radius 1 is 1.08 bits per heavy atom. The first kappa shape index (κ1) is 28.0. The fourth-order valence-electron chi connectivity index (χ4n) is 5.67. The first-order valence-electron chi connectivity index (χ1n) is 13.5. The molecule has 3 atom stereocenters. The number of amides is 1. The van der Waals surface area contributed by atoms with Crippen LogP contribution >= 0.6 is 11.6 Å². The van der Waals surface area contributed by atoms with E-state index in [9.17, 15) is 13.2 Å². The summed E-state index contributed by atoms with van der Waals surface area (Å²) in [5, 5.41) is 0.703. The molecule has 2 aromatic carbocycles. The zero-order valence-electron chi connectivity index (χ0n) is 22.1. The minimum Gasteiger partial charge on any atom is -0.487 e. The van der Waals surface area contributed by atoms with E-state index >= 15 is 0 Å². The molecule has 2 bridgehead atoms. The molecule has 5 rings (SSSR count). The van der Waals surface area contributed by atoms with E-state index in [1.807, 2.05) is 30.4 Å². The fourth-order valence-corrected chi connectivity index (χ4v) is 6.85. The molecule has 2 aromatic rings. The van der Waals surface area contributed by atoms with Crippen molar-refractivity contribution in [2.45, 2.75) is 49.7 Å². The maximum atomic E-state index is 13.1. The van der Waals surface area contributed by atoms with Crippen molar-refractivity contribution in [3.8, 4) is 5.75 Å². The van der Waals surface area contributed by atoms with E-state index in [2.05, 4.69) is 9.62 Å². The third-order valence-electron chi connectivity index (χ3n) is 7.90. The van der Waals surface area contributed by atoms with Gasteiger partial charge in [0, 0.05) is 25.2 Å². The third-order valence-corrected chi connectivity index (χ3v) is 9.51. The number of fused-ring (bicyclic) bond motifs is 3. The van der Waals surface area contributed by atoms with Crippen molar-refractivity contribution in [1.82, 2.24) is 4.72 Å². The number of methoxy groups -OCH3 is 1. The van der Waals surface area contributed by atoms with Gasteiger partial charge < -0.3 is 19.1 Å². The third kappa shape index (κ3) is 6.60. The number of hydrogen-bond donors (Lipinski definition) is 1. The van der Waals surface area contributed by atoms with Crippen molar-refractivity contribution in [2.24, 2.45) is 11.8 Å². The number of nitrogens with one attached hydrogen (secondary N) is 1. The van der Waals surface area contributed by atoms with E-state index in [1.165, 1.54) is 11.6 Å². The van der Waals surface area contributed by atoms with Crippen LogP contribution in [0.2, 0.25) is 5.02 Å². The predicted octanol–water partition coefficient (Wildman–Crippen LogP) is 4.49. The summed E-state index contributed by atoms with van der Waals surface area (Å²) in [6.45, 7) is 1.67. The van der Waals surface area contributed by atoms with Gasteiger partial charge in [0.15, 0.2) is 0 Å². The van der Waals surface area contributed by atoms with Gasteiger partial charge in [-0.25, -0.2) is 13.1 Å². The summed E-state index contributed by atoms with van der Waals surface area (Å²) in [6.07, 6.45) is 8.66. The molecule has 0 spiro atoms. The second-order valence-electron chi connectivity index (χ2n) is 10.4. The lowest BCUT2D eigenvalue weighted by molar-refractivity contribution is -0.123. The first-order valence-corrected chi connectivity index (χ1v) is 15.3. The lowest BCUT2D eigenvalue weighted by atomic mass is 9.70. The maximum absolute atomic E-state index is 13.1. The molecule has 1 saturated carbocycles. The van der Waals surface area contributed by atoms with Crippen LogP contribution in [0, 0.1) is 11.8 Å². The van der Waals surface area contributed by atoms with Crippen molar-refractivity contribution in [3.63, 3.8) is 0 Å². The molecule has 1 aliphatic carbocycles. The minimum absolute atomic E-state index is 0.0113. The van der Waals surface area contributed by atoms with Crippen molar-refractivity contribution < 1.29 is 27.4 Å². The van der Waals surface area contributed by atoms with Gasteiger partial charge in [-0.05, 0) is 85.4 Å². The number of aryl methyl sites for hydroxylation is 1. The monoisotopic (exact) mass is 574 g/mol. The molecule has 39 heavy (non-hydrogen) atoms. The lowest BCUT2D eigenvalue weighted by Crippen LogP contribution is -2.44. The Kier molecular flexibility index (Phi) is 8.81. The van der Waals surface area contributed by atoms with Gasteiger partial charge in [-0.15, -0.1) is 0 Å². The summed E-state index contributed by atoms with van der Waals surface area (Å²) < 4.78 is 45.9. The second-order valence-corrected chi connectivity index (χ2v) is 12.5. The number of hydrogen-bond acceptors (Lipinski definition) is 7. The highest BCUT2D eigenvalue weighted by Gasteiger charge is 2.37. The number of anilines is 1. The average molecular weight is 575 g/mol. The van der Waals surface area contributed by atoms with Crippen LogP contribution in [0.15, 0.2) is 53.4 Å². The number of ether oxygens (including phenoxy) is 3. The standard InChI is InChI=1S/C29H35ClN2O6S/c1-36-27-6-4-14-37-19-29(33)31-39(34,35)24-10-12-28-26(16-24)32(17-21-8-11-25(21)27)13-3-2-5-20-15-23(30)9-7-22(20)18-38-28/h4,6-7,9-10,12,15-16,21,25,27H,2-3,5,8,11,13-14,17-19H2,1H3,(H,31,33)/b6-4+/t21-,25+,27-/m0/s1. The average Bonchev–Trinajstić information content (AvgIpc) is 2.92. The first-order chi connectivity index (χ1) is 18.8. The van der Waals surface area contributed by atoms with Gasteiger partial charge in [-0.3, -0.25) is 4.79 Å². The van der Waals surface area contributed by atoms with Gasteiger partial charge in [0.25, 0.3) is 15.9 Å². The highest BCUT2D eigenvalue weighted by atomic mass is 35.5. The Labute approximate surface area is 235 Å². The van der Waals surface area contributed by atoms with Crippen LogP contribution in [0.4, 0.5) is 5.69 Å². The molecule has 10 heteroatoms. The topological polar surface area (TPSA) is 94.2 Å². The number of carbonyl (C=O) groups excluding carboxylic acids is 1. The van der Waals surface area contributed by atoms with E-state index in [0.717, 1.165) is 50.8 Å². The van der Waals surface area contributed by atoms with Gasteiger partial charge in [-0.2, -0.15) is 0 Å². The van der Waals surface area contributed by atoms with Crippen LogP contribution < -0.4 is 14.4 Å². The van der Waals surface area contributed by atoms with Gasteiger partial charge in [-0.1, -0.05) is 29.8 Å². The Morgan fingerprint density at radius 3 is 2.74 bits per heavy atom. The smallest absolute Gasteiger partial charge is 0.264 e. The molecule has 2 heterocycles. The number of halogens is 1. The van der Waals surface area contributed by atoms with E-state index in [0.29, 0.717) is 34.9 Å². The molecule has 210 valence electrons. The van der Waals surface area contributed by atoms with Gasteiger partial charge in [0.05, 0.1) is 23.3 Å². The minimum atomic E-state index is -4.10. The van der Waals surface area contributed by atoms with Crippen molar-refractivity contribution in [3.05, 3.63) is 64.7 Å². The molecule has 1 fully saturated rings. The van der Waals surface area contributed by atoms with Gasteiger partial charge in [0.2, 0.25) is 0 Å². The van der Waals surface area contributed by atoms with E-state index in [4.69, 9.17) is 25.8 Å². The highest BCUT2D eigenvalue weighted by Crippen LogP contribution is 2.41. The summed E-state index contributed by atoms with van der Waals surface area (Å²) in [7, 11) is -2.38. The fraction of sp³-hybridized carbons (Fsp3) is 0.483. The molecule has 1 amide bonds. The summed E-state index contributed by atoms with van der Waals surface area (Å²) >= 11 is 6.29. The van der Waals surface area contributed by atoms with Crippen LogP contribution in [0.1, 0.15) is 36.8 Å². The molecule has 2 aliphatic heterocycles. The SMILES string of the molecule is CO[C@H]1/C=C/COCC(=O)NS(=O)(=O)c2ccc3c(c2)N(CCCCc2cc(Cl)ccc2CO3)C[C@@H]2CC[C@H]21. The molecule has 8 nitrogen and oxygen atoms in total. The zero-order chi connectivity index (χ0) is 27.4. The molecule has 0 saturated heterocycles. The molecule has 3 aliphatic rings. The van der Waals surface area contributed by atoms with Crippen LogP contribution in [-0.2, 0) is 37.3 Å². The molecule has 1 N–H and O–H groups in total. The van der Waals surface area contributed by atoms with E-state index < -0.39 is 15.9 Å². The van der Waals surface area contributed by atoms with E-state index in [-0.39, 0.29) is 24.2 Å². The summed E-state index contributed by atoms with van der Waals surface area (Å²) in [5.74, 6) is 0.593. The number of sulfonamides is 1. The van der Waals surface area contributed by atoms with Gasteiger partial charge >= 0.3 is 0 Å². The van der Waals surface area contributed by atoms with Crippen molar-refractivity contribution in [2.75, 3.05) is 38.3 Å². The van der Waals surface area contributed by atoms with Gasteiger partial charge in [0.1, 0.15) is 19.0 Å². The predicted molar refractivity (Wildman–Crippen MR) is 150 cm³/mol. The lowest BCUT2D eigenvalue weighted by Gasteiger charge is -2.43. The Bertz CT molecular complexity index is 1330. The Morgan fingerprint density at radius 2 is 1.95 bits per heavy atom. The number of carbonyl (C=O) groups is 1. The second kappa shape index (κ2) is 12.3. The summed E-state index contributed by atoms with van der Waals surface area (Å²) in [6, 6.07) is 10.7. The molecule has 0 unspecified atom stereocenters. The van der Waals surface area contributed by atoms with E-state index in [1.54, 1.807) is 19.2 Å². The molecular formula is C29H35ClN2O6S. The maximum Gasteiger partial charge on any atom is 0.264 e. The zero-order valence-corrected chi connectivity index (χ0v) is 23.7. The van der Waals surface area contributed by atoms with Crippen molar-refractivity contribution in [1.29, 1.82) is 0 Å². The van der Waals surface area contributed by atoms with Crippen molar-refractivity contribution >= 4 is 33.2 Å². The largest absolute Gasteiger partial charge is 0.487 e. The molecule has 0 radical (unpaired) electrons. The number of benzene rings is 2. The summed E-state index contributed by atoms with van der Waals surface area (Å²) in [4.78, 5) is 14.6. The number of nitrogens with zero attached hydrogens (tertiary/aromatic N) is 1. The highest BCUT2D eigenvalue weighted by molar-refractivity contribution is 7.90. The van der Waals surface area contributed by atoms with Crippen LogP contribution in [0.25, 0.3) is 0 Å². The van der Waals surface area contributed by atoms with Crippen LogP contribution in [-0.4, -0.2) is 53.8 Å². The Hall–Kier alpha value is -2.59. The van der Waals surface area contributed by atoms with Crippen LogP contribution in [0.5, 0.6) is 5.75 Å². The normalized spacial score (nSPS) is 26.5. The molecule has 0 aromatic heterocycles. The number of rotatable bonds is 1. The summed E-state index contributed by atoms with van der Waals surface area (Å²) in [5.41, 5.74) is 2.94. The Balaban J connectivity index is 1.54.